The summed E-state index contributed by atoms with van der Waals surface area (Å²) in [6.45, 7) is 0. The van der Waals surface area contributed by atoms with Crippen molar-refractivity contribution in [2.45, 2.75) is 6.42 Å². The molecule has 0 spiro atoms. The number of nitrogens with one attached hydrogen (secondary N) is 2. The second-order valence-corrected chi connectivity index (χ2v) is 2.99. The van der Waals surface area contributed by atoms with E-state index in [1.807, 2.05) is 18.5 Å². The number of hydroxylamine groups is 1. The molecular formula is C9H8N2O. The highest BCUT2D eigenvalue weighted by molar-refractivity contribution is 5.63. The first kappa shape index (κ1) is 5.94. The number of aromatic nitrogens is 1. The molecule has 2 N–H and O–H groups in total. The molecule has 0 bridgehead atoms. The van der Waals surface area contributed by atoms with E-state index in [0.29, 0.717) is 0 Å². The molecule has 0 aromatic carbocycles. The lowest BCUT2D eigenvalue weighted by Gasteiger charge is -2.09. The van der Waals surface area contributed by atoms with Crippen LogP contribution in [0.25, 0.3) is 6.08 Å². The molecule has 0 unspecified atom stereocenters. The van der Waals surface area contributed by atoms with E-state index in [1.54, 1.807) is 0 Å². The predicted molar refractivity (Wildman–Crippen MR) is 44.8 cm³/mol. The first-order valence-electron chi connectivity index (χ1n) is 3.93. The summed E-state index contributed by atoms with van der Waals surface area (Å²) in [5.74, 6) is 0.946. The molecule has 3 rings (SSSR count). The molecule has 3 nitrogen and oxygen atoms in total. The van der Waals surface area contributed by atoms with E-state index in [2.05, 4.69) is 16.5 Å². The molecule has 60 valence electrons. The van der Waals surface area contributed by atoms with E-state index in [4.69, 9.17) is 4.84 Å². The number of rotatable bonds is 0. The average molecular weight is 160 g/mol. The van der Waals surface area contributed by atoms with Crippen LogP contribution >= 0.6 is 0 Å². The van der Waals surface area contributed by atoms with Gasteiger partial charge in [0.05, 0.1) is 0 Å². The van der Waals surface area contributed by atoms with E-state index in [-0.39, 0.29) is 0 Å². The van der Waals surface area contributed by atoms with Crippen LogP contribution in [0.4, 0.5) is 0 Å². The van der Waals surface area contributed by atoms with Gasteiger partial charge in [-0.05, 0) is 17.7 Å². The summed E-state index contributed by atoms with van der Waals surface area (Å²) in [7, 11) is 0. The molecule has 0 amide bonds. The fraction of sp³-hybridized carbons (Fsp3) is 0.111. The van der Waals surface area contributed by atoms with Crippen LogP contribution in [-0.4, -0.2) is 4.98 Å². The minimum Gasteiger partial charge on any atom is -0.382 e. The van der Waals surface area contributed by atoms with Crippen molar-refractivity contribution in [1.29, 1.82) is 0 Å². The largest absolute Gasteiger partial charge is 0.382 e. The van der Waals surface area contributed by atoms with Gasteiger partial charge >= 0.3 is 0 Å². The topological polar surface area (TPSA) is 37.0 Å². The van der Waals surface area contributed by atoms with Crippen molar-refractivity contribution in [3.63, 3.8) is 0 Å². The van der Waals surface area contributed by atoms with Crippen LogP contribution in [0.1, 0.15) is 11.3 Å². The highest BCUT2D eigenvalue weighted by Crippen LogP contribution is 2.29. The highest BCUT2D eigenvalue weighted by Gasteiger charge is 2.20. The standard InChI is InChI=1S/C9H8N2O/c1-2-10-8-3-7-5-11-12-9(7)4-6(1)8/h1-2,4-5,10-11H,3H2. The van der Waals surface area contributed by atoms with E-state index >= 15 is 0 Å². The number of aromatic amines is 1. The SMILES string of the molecule is C1=C2Cc3[nH]ccc3C=C2ON1. The van der Waals surface area contributed by atoms with Gasteiger partial charge in [-0.2, -0.15) is 0 Å². The predicted octanol–water partition coefficient (Wildman–Crippen LogP) is 1.33. The van der Waals surface area contributed by atoms with Gasteiger partial charge < -0.3 is 9.82 Å². The second kappa shape index (κ2) is 1.94. The Morgan fingerprint density at radius 2 is 2.42 bits per heavy atom. The Hall–Kier alpha value is -1.64. The van der Waals surface area contributed by atoms with Crippen LogP contribution in [-0.2, 0) is 11.3 Å². The third-order valence-electron chi connectivity index (χ3n) is 2.24. The van der Waals surface area contributed by atoms with E-state index in [1.165, 1.54) is 16.8 Å². The number of hydrogen-bond acceptors (Lipinski definition) is 2. The van der Waals surface area contributed by atoms with Gasteiger partial charge in [-0.15, -0.1) is 0 Å². The van der Waals surface area contributed by atoms with Crippen molar-refractivity contribution < 1.29 is 4.84 Å². The second-order valence-electron chi connectivity index (χ2n) is 2.99. The molecule has 0 radical (unpaired) electrons. The first-order chi connectivity index (χ1) is 5.93. The summed E-state index contributed by atoms with van der Waals surface area (Å²) in [5, 5.41) is 0. The summed E-state index contributed by atoms with van der Waals surface area (Å²) < 4.78 is 0. The summed E-state index contributed by atoms with van der Waals surface area (Å²) in [6.07, 6.45) is 6.83. The summed E-state index contributed by atoms with van der Waals surface area (Å²) in [4.78, 5) is 8.39. The lowest BCUT2D eigenvalue weighted by Crippen LogP contribution is -2.01. The van der Waals surface area contributed by atoms with E-state index < -0.39 is 0 Å². The molecule has 0 fully saturated rings. The molecular weight excluding hydrogens is 152 g/mol. The Kier molecular flexibility index (Phi) is 0.961. The van der Waals surface area contributed by atoms with Crippen LogP contribution in [0.5, 0.6) is 0 Å². The van der Waals surface area contributed by atoms with Crippen molar-refractivity contribution >= 4 is 6.08 Å². The molecule has 2 heterocycles. The Bertz CT molecular complexity index is 387. The van der Waals surface area contributed by atoms with Crippen molar-refractivity contribution in [2.24, 2.45) is 0 Å². The Labute approximate surface area is 69.7 Å². The maximum absolute atomic E-state index is 5.19. The van der Waals surface area contributed by atoms with Crippen LogP contribution in [0, 0.1) is 0 Å². The molecule has 0 saturated carbocycles. The normalized spacial score (nSPS) is 18.3. The maximum atomic E-state index is 5.19. The van der Waals surface area contributed by atoms with Crippen molar-refractivity contribution in [3.05, 3.63) is 41.1 Å². The smallest absolute Gasteiger partial charge is 0.160 e. The van der Waals surface area contributed by atoms with Crippen LogP contribution in [0.3, 0.4) is 0 Å². The average Bonchev–Trinajstić information content (AvgIpc) is 2.64. The number of H-pyrrole nitrogens is 1. The third kappa shape index (κ3) is 0.652. The maximum Gasteiger partial charge on any atom is 0.160 e. The molecule has 2 aliphatic rings. The van der Waals surface area contributed by atoms with Crippen LogP contribution < -0.4 is 5.48 Å². The Morgan fingerprint density at radius 3 is 3.42 bits per heavy atom. The fourth-order valence-corrected chi connectivity index (χ4v) is 1.60. The minimum atomic E-state index is 0.932. The lowest BCUT2D eigenvalue weighted by atomic mass is 10.00. The molecule has 12 heavy (non-hydrogen) atoms. The number of hydrogen-bond donors (Lipinski definition) is 2. The van der Waals surface area contributed by atoms with Gasteiger partial charge in [-0.25, -0.2) is 5.48 Å². The van der Waals surface area contributed by atoms with E-state index in [9.17, 15) is 0 Å². The summed E-state index contributed by atoms with van der Waals surface area (Å²) >= 11 is 0. The van der Waals surface area contributed by atoms with Gasteiger partial charge in [-0.3, -0.25) is 0 Å². The quantitative estimate of drug-likeness (QED) is 0.600. The summed E-state index contributed by atoms with van der Waals surface area (Å²) in [5.41, 5.74) is 6.45. The van der Waals surface area contributed by atoms with Gasteiger partial charge in [0.25, 0.3) is 0 Å². The Morgan fingerprint density at radius 1 is 1.42 bits per heavy atom. The molecule has 1 aliphatic carbocycles. The van der Waals surface area contributed by atoms with Crippen LogP contribution in [0.2, 0.25) is 0 Å². The zero-order chi connectivity index (χ0) is 7.97. The molecule has 1 aromatic rings. The fourth-order valence-electron chi connectivity index (χ4n) is 1.60. The molecule has 0 atom stereocenters. The zero-order valence-corrected chi connectivity index (χ0v) is 6.42. The number of allylic oxidation sites excluding steroid dienone is 1. The van der Waals surface area contributed by atoms with Crippen molar-refractivity contribution in [2.75, 3.05) is 0 Å². The molecule has 3 heteroatoms. The summed E-state index contributed by atoms with van der Waals surface area (Å²) in [6, 6.07) is 2.06. The van der Waals surface area contributed by atoms with Gasteiger partial charge in [0, 0.05) is 30.1 Å². The van der Waals surface area contributed by atoms with Gasteiger partial charge in [0.1, 0.15) is 0 Å². The molecule has 0 saturated heterocycles. The highest BCUT2D eigenvalue weighted by atomic mass is 16.7. The van der Waals surface area contributed by atoms with Crippen molar-refractivity contribution in [1.82, 2.24) is 10.5 Å². The van der Waals surface area contributed by atoms with E-state index in [0.717, 1.165) is 12.2 Å². The minimum absolute atomic E-state index is 0.932. The molecule has 1 aliphatic heterocycles. The van der Waals surface area contributed by atoms with Crippen LogP contribution in [0.15, 0.2) is 29.8 Å². The number of fused-ring (bicyclic) bond motifs is 2. The lowest BCUT2D eigenvalue weighted by molar-refractivity contribution is 0.171. The third-order valence-corrected chi connectivity index (χ3v) is 2.24. The van der Waals surface area contributed by atoms with Gasteiger partial charge in [0.15, 0.2) is 5.76 Å². The zero-order valence-electron chi connectivity index (χ0n) is 6.42. The monoisotopic (exact) mass is 160 g/mol. The van der Waals surface area contributed by atoms with Gasteiger partial charge in [0.2, 0.25) is 0 Å². The van der Waals surface area contributed by atoms with Crippen molar-refractivity contribution in [3.8, 4) is 0 Å². The molecule has 1 aromatic heterocycles. The van der Waals surface area contributed by atoms with Gasteiger partial charge in [-0.1, -0.05) is 0 Å². The Balaban J connectivity index is 2.18. The first-order valence-corrected chi connectivity index (χ1v) is 3.93.